The van der Waals surface area contributed by atoms with Gasteiger partial charge >= 0.3 is 35.5 Å². The Hall–Kier alpha value is -1.70. The van der Waals surface area contributed by atoms with Crippen LogP contribution in [0.1, 0.15) is 5.69 Å². The van der Waals surface area contributed by atoms with Gasteiger partial charge in [0.05, 0.1) is 5.69 Å². The van der Waals surface area contributed by atoms with Crippen LogP contribution in [0.4, 0.5) is 0 Å². The first-order valence-corrected chi connectivity index (χ1v) is 5.11. The number of H-pyrrole nitrogens is 1. The molecule has 7 nitrogen and oxygen atoms in total. The minimum atomic E-state index is -1.29. The minimum absolute atomic E-state index is 0. The number of benzene rings is 1. The quantitative estimate of drug-likeness (QED) is 0.255. The Kier molecular flexibility index (Phi) is 5.68. The molecule has 0 fully saturated rings. The average Bonchev–Trinajstić information content (AvgIpc) is 2.84. The van der Waals surface area contributed by atoms with E-state index in [1.807, 2.05) is 30.3 Å². The molecule has 8 heteroatoms. The molecule has 19 heavy (non-hydrogen) atoms. The molecular formula is C11H10N4NaO3+. The summed E-state index contributed by atoms with van der Waals surface area (Å²) in [5, 5.41) is 30.4. The van der Waals surface area contributed by atoms with Gasteiger partial charge in [0.1, 0.15) is 5.69 Å². The third-order valence-electron chi connectivity index (χ3n) is 2.37. The fourth-order valence-electron chi connectivity index (χ4n) is 1.52. The Labute approximate surface area is 130 Å². The summed E-state index contributed by atoms with van der Waals surface area (Å²) in [5.74, 6) is -1.29. The molecule has 1 heterocycles. The van der Waals surface area contributed by atoms with Crippen molar-refractivity contribution >= 4 is 11.7 Å². The van der Waals surface area contributed by atoms with Crippen molar-refractivity contribution in [2.24, 2.45) is 5.16 Å². The molecule has 0 aliphatic carbocycles. The normalized spacial score (nSPS) is 10.8. The predicted molar refractivity (Wildman–Crippen MR) is 62.4 cm³/mol. The third-order valence-corrected chi connectivity index (χ3v) is 2.37. The molecule has 0 saturated carbocycles. The number of carboxylic acid groups (broad SMARTS) is 1. The number of nitrogens with one attached hydrogen (secondary N) is 1. The van der Waals surface area contributed by atoms with E-state index in [0.29, 0.717) is 11.4 Å². The Morgan fingerprint density at radius 2 is 1.95 bits per heavy atom. The summed E-state index contributed by atoms with van der Waals surface area (Å²) in [7, 11) is 0. The van der Waals surface area contributed by atoms with Gasteiger partial charge in [-0.3, -0.25) is 0 Å². The molecule has 1 aromatic heterocycles. The van der Waals surface area contributed by atoms with Gasteiger partial charge in [0.25, 0.3) is 0 Å². The van der Waals surface area contributed by atoms with Gasteiger partial charge in [0, 0.05) is 12.0 Å². The number of rotatable bonds is 4. The molecule has 0 radical (unpaired) electrons. The van der Waals surface area contributed by atoms with Crippen molar-refractivity contribution in [2.75, 3.05) is 0 Å². The standard InChI is InChI=1S/C11H10N4O3.Na/c16-11(17)9(14-18)6-8-10(13-15-12-8)7-4-2-1-3-5-7;/h1-5,18H,6H2,(H,16,17)(H,12,13,15);/q;+1/b14-9-;. The second-order valence-corrected chi connectivity index (χ2v) is 3.51. The molecule has 3 N–H and O–H groups in total. The summed E-state index contributed by atoms with van der Waals surface area (Å²) in [6.45, 7) is 0. The molecule has 0 bridgehead atoms. The molecule has 2 aromatic rings. The van der Waals surface area contributed by atoms with Crippen molar-refractivity contribution in [2.45, 2.75) is 6.42 Å². The van der Waals surface area contributed by atoms with Crippen LogP contribution in [0.3, 0.4) is 0 Å². The number of nitrogens with zero attached hydrogens (tertiary/aromatic N) is 3. The van der Waals surface area contributed by atoms with Crippen molar-refractivity contribution in [3.8, 4) is 11.3 Å². The van der Waals surface area contributed by atoms with Gasteiger partial charge < -0.3 is 10.3 Å². The van der Waals surface area contributed by atoms with Crippen LogP contribution in [0, 0.1) is 0 Å². The van der Waals surface area contributed by atoms with Gasteiger partial charge in [-0.25, -0.2) is 4.79 Å². The molecule has 1 aromatic carbocycles. The Morgan fingerprint density at radius 1 is 1.26 bits per heavy atom. The second kappa shape index (κ2) is 7.03. The minimum Gasteiger partial charge on any atom is -0.477 e. The van der Waals surface area contributed by atoms with E-state index in [1.54, 1.807) is 0 Å². The third kappa shape index (κ3) is 3.63. The van der Waals surface area contributed by atoms with Crippen molar-refractivity contribution in [1.82, 2.24) is 15.4 Å². The van der Waals surface area contributed by atoms with Gasteiger partial charge in [-0.2, -0.15) is 15.4 Å². The zero-order valence-electron chi connectivity index (χ0n) is 10.2. The van der Waals surface area contributed by atoms with Gasteiger partial charge in [-0.05, 0) is 0 Å². The first-order valence-electron chi connectivity index (χ1n) is 5.11. The zero-order chi connectivity index (χ0) is 13.0. The van der Waals surface area contributed by atoms with Crippen molar-refractivity contribution in [3.63, 3.8) is 0 Å². The van der Waals surface area contributed by atoms with Crippen LogP contribution in [0.5, 0.6) is 0 Å². The van der Waals surface area contributed by atoms with Crippen molar-refractivity contribution in [1.29, 1.82) is 0 Å². The van der Waals surface area contributed by atoms with Gasteiger partial charge in [0.2, 0.25) is 0 Å². The summed E-state index contributed by atoms with van der Waals surface area (Å²) >= 11 is 0. The molecule has 0 saturated heterocycles. The van der Waals surface area contributed by atoms with Crippen LogP contribution < -0.4 is 29.6 Å². The predicted octanol–water partition coefficient (Wildman–Crippen LogP) is -2.07. The molecular weight excluding hydrogens is 259 g/mol. The van der Waals surface area contributed by atoms with Gasteiger partial charge in [0.15, 0.2) is 5.71 Å². The molecule has 0 spiro atoms. The molecule has 0 aliphatic heterocycles. The van der Waals surface area contributed by atoms with E-state index in [4.69, 9.17) is 10.3 Å². The van der Waals surface area contributed by atoms with Gasteiger partial charge in [-0.15, -0.1) is 0 Å². The fraction of sp³-hybridized carbons (Fsp3) is 0.0909. The average molecular weight is 269 g/mol. The number of aliphatic carboxylic acids is 1. The largest absolute Gasteiger partial charge is 1.00 e. The SMILES string of the molecule is O=C(O)/C(Cc1n[nH]nc1-c1ccccc1)=N\O.[Na+]. The van der Waals surface area contributed by atoms with Crippen LogP contribution in [-0.4, -0.2) is 37.4 Å². The summed E-state index contributed by atoms with van der Waals surface area (Å²) in [4.78, 5) is 10.8. The van der Waals surface area contributed by atoms with E-state index in [9.17, 15) is 4.79 Å². The molecule has 0 aliphatic rings. The summed E-state index contributed by atoms with van der Waals surface area (Å²) in [6, 6.07) is 9.20. The maximum atomic E-state index is 10.8. The van der Waals surface area contributed by atoms with Crippen LogP contribution in [0.15, 0.2) is 35.5 Å². The van der Waals surface area contributed by atoms with Crippen LogP contribution in [0.2, 0.25) is 0 Å². The van der Waals surface area contributed by atoms with E-state index in [-0.39, 0.29) is 41.7 Å². The number of aromatic amines is 1. The Morgan fingerprint density at radius 3 is 2.53 bits per heavy atom. The molecule has 0 atom stereocenters. The van der Waals surface area contributed by atoms with Crippen LogP contribution >= 0.6 is 0 Å². The molecule has 0 amide bonds. The molecule has 92 valence electrons. The topological polar surface area (TPSA) is 111 Å². The second-order valence-electron chi connectivity index (χ2n) is 3.51. The number of hydrogen-bond acceptors (Lipinski definition) is 5. The number of hydrogen-bond donors (Lipinski definition) is 3. The van der Waals surface area contributed by atoms with E-state index in [2.05, 4.69) is 20.6 Å². The van der Waals surface area contributed by atoms with Crippen molar-refractivity contribution in [3.05, 3.63) is 36.0 Å². The fourth-order valence-corrected chi connectivity index (χ4v) is 1.52. The maximum absolute atomic E-state index is 10.8. The monoisotopic (exact) mass is 269 g/mol. The summed E-state index contributed by atoms with van der Waals surface area (Å²) in [6.07, 6.45) is -0.105. The maximum Gasteiger partial charge on any atom is 1.00 e. The van der Waals surface area contributed by atoms with E-state index >= 15 is 0 Å². The number of carbonyl (C=O) groups is 1. The van der Waals surface area contributed by atoms with E-state index in [1.165, 1.54) is 0 Å². The van der Waals surface area contributed by atoms with Crippen LogP contribution in [0.25, 0.3) is 11.3 Å². The Balaban J connectivity index is 0.00000180. The van der Waals surface area contributed by atoms with E-state index in [0.717, 1.165) is 5.56 Å². The van der Waals surface area contributed by atoms with Gasteiger partial charge in [-0.1, -0.05) is 35.5 Å². The first-order chi connectivity index (χ1) is 8.72. The number of carboxylic acids is 1. The van der Waals surface area contributed by atoms with E-state index < -0.39 is 5.97 Å². The molecule has 0 unspecified atom stereocenters. The van der Waals surface area contributed by atoms with Crippen molar-refractivity contribution < 1.29 is 44.7 Å². The zero-order valence-corrected chi connectivity index (χ0v) is 12.2. The van der Waals surface area contributed by atoms with Crippen LogP contribution in [-0.2, 0) is 11.2 Å². The number of aromatic nitrogens is 3. The smallest absolute Gasteiger partial charge is 0.477 e. The Bertz CT molecular complexity index is 583. The summed E-state index contributed by atoms with van der Waals surface area (Å²) < 4.78 is 0. The number of oxime groups is 1. The first kappa shape index (κ1) is 15.4. The summed E-state index contributed by atoms with van der Waals surface area (Å²) in [5.41, 5.74) is 1.37. The molecule has 2 rings (SSSR count).